The van der Waals surface area contributed by atoms with Crippen molar-refractivity contribution in [3.05, 3.63) is 27.2 Å². The normalized spacial score (nSPS) is 23.6. The van der Waals surface area contributed by atoms with Gasteiger partial charge in [-0.1, -0.05) is 13.8 Å². The van der Waals surface area contributed by atoms with E-state index in [-0.39, 0.29) is 31.2 Å². The van der Waals surface area contributed by atoms with E-state index in [0.717, 1.165) is 4.57 Å². The molecule has 0 radical (unpaired) electrons. The molecule has 1 N–H and O–H groups in total. The Morgan fingerprint density at radius 3 is 2.43 bits per heavy atom. The Balaban J connectivity index is 1.92. The fourth-order valence-electron chi connectivity index (χ4n) is 3.89. The Kier molecular flexibility index (Phi) is 5.20. The van der Waals surface area contributed by atoms with E-state index in [1.165, 1.54) is 17.9 Å². The molecule has 0 unspecified atom stereocenters. The zero-order valence-electron chi connectivity index (χ0n) is 16.2. The number of aryl methyl sites for hydroxylation is 1. The van der Waals surface area contributed by atoms with Crippen molar-refractivity contribution in [2.45, 2.75) is 64.4 Å². The van der Waals surface area contributed by atoms with Crippen LogP contribution in [-0.4, -0.2) is 35.6 Å². The summed E-state index contributed by atoms with van der Waals surface area (Å²) in [7, 11) is 1.52. The summed E-state index contributed by atoms with van der Waals surface area (Å²) in [4.78, 5) is 29.8. The summed E-state index contributed by atoms with van der Waals surface area (Å²) in [5, 5.41) is 9.81. The number of halogens is 3. The Morgan fingerprint density at radius 2 is 1.89 bits per heavy atom. The van der Waals surface area contributed by atoms with Crippen LogP contribution in [0.4, 0.5) is 13.2 Å². The second-order valence-corrected chi connectivity index (χ2v) is 8.19. The van der Waals surface area contributed by atoms with Crippen LogP contribution in [-0.2, 0) is 20.1 Å². The molecule has 0 bridgehead atoms. The Hall–Kier alpha value is -2.10. The van der Waals surface area contributed by atoms with Crippen molar-refractivity contribution in [3.8, 4) is 0 Å². The molecule has 1 aliphatic carbocycles. The van der Waals surface area contributed by atoms with Crippen LogP contribution in [0.5, 0.6) is 0 Å². The number of aliphatic hydroxyl groups is 1. The first-order chi connectivity index (χ1) is 12.9. The summed E-state index contributed by atoms with van der Waals surface area (Å²) < 4.78 is 43.0. The van der Waals surface area contributed by atoms with E-state index >= 15 is 0 Å². The second kappa shape index (κ2) is 7.06. The molecule has 156 valence electrons. The van der Waals surface area contributed by atoms with Gasteiger partial charge in [-0.25, -0.2) is 9.78 Å². The number of alkyl halides is 3. The highest BCUT2D eigenvalue weighted by Crippen LogP contribution is 2.43. The summed E-state index contributed by atoms with van der Waals surface area (Å²) in [6.07, 6.45) is -3.82. The molecule has 1 aliphatic rings. The highest BCUT2D eigenvalue weighted by atomic mass is 19.4. The largest absolute Gasteiger partial charge is 0.417 e. The molecule has 2 aromatic rings. The summed E-state index contributed by atoms with van der Waals surface area (Å²) >= 11 is 0. The summed E-state index contributed by atoms with van der Waals surface area (Å²) in [5.41, 5.74) is -3.09. The van der Waals surface area contributed by atoms with Crippen LogP contribution in [0.2, 0.25) is 0 Å². The van der Waals surface area contributed by atoms with Gasteiger partial charge in [0.1, 0.15) is 0 Å². The standard InChI is InChI=1S/C18H25F3N4O3/c1-11(2)8-24-10-22-14-13(24)15(26)25(16(27)23(14)3)9-12-4-6-17(28,7-5-12)18(19,20)21/h10-12,28H,4-9H2,1-3H3. The van der Waals surface area contributed by atoms with Gasteiger partial charge in [-0.3, -0.25) is 13.9 Å². The molecular formula is C18H25F3N4O3. The van der Waals surface area contributed by atoms with E-state index in [2.05, 4.69) is 4.98 Å². The monoisotopic (exact) mass is 402 g/mol. The molecule has 28 heavy (non-hydrogen) atoms. The Labute approximate surface area is 159 Å². The van der Waals surface area contributed by atoms with Gasteiger partial charge in [0, 0.05) is 20.1 Å². The number of rotatable bonds is 4. The van der Waals surface area contributed by atoms with Gasteiger partial charge >= 0.3 is 11.9 Å². The molecule has 3 rings (SSSR count). The molecule has 7 nitrogen and oxygen atoms in total. The fourth-order valence-corrected chi connectivity index (χ4v) is 3.89. The lowest BCUT2D eigenvalue weighted by Gasteiger charge is -2.37. The predicted molar refractivity (Wildman–Crippen MR) is 97.0 cm³/mol. The minimum Gasteiger partial charge on any atom is -0.380 e. The lowest BCUT2D eigenvalue weighted by molar-refractivity contribution is -0.272. The van der Waals surface area contributed by atoms with E-state index < -0.39 is 35.9 Å². The van der Waals surface area contributed by atoms with E-state index in [1.54, 1.807) is 4.57 Å². The fraction of sp³-hybridized carbons (Fsp3) is 0.722. The van der Waals surface area contributed by atoms with Gasteiger partial charge < -0.3 is 9.67 Å². The van der Waals surface area contributed by atoms with Gasteiger partial charge in [-0.2, -0.15) is 13.2 Å². The molecule has 1 fully saturated rings. The van der Waals surface area contributed by atoms with E-state index in [0.29, 0.717) is 17.7 Å². The molecule has 0 spiro atoms. The van der Waals surface area contributed by atoms with Gasteiger partial charge in [0.25, 0.3) is 5.56 Å². The quantitative estimate of drug-likeness (QED) is 0.849. The van der Waals surface area contributed by atoms with E-state index in [9.17, 15) is 27.9 Å². The van der Waals surface area contributed by atoms with Crippen LogP contribution in [0, 0.1) is 11.8 Å². The minimum atomic E-state index is -4.67. The average molecular weight is 402 g/mol. The van der Waals surface area contributed by atoms with Crippen LogP contribution in [0.15, 0.2) is 15.9 Å². The minimum absolute atomic E-state index is 0.0300. The first kappa shape index (κ1) is 20.6. The maximum absolute atomic E-state index is 13.0. The molecule has 2 heterocycles. The van der Waals surface area contributed by atoms with Gasteiger partial charge in [0.05, 0.1) is 6.33 Å². The van der Waals surface area contributed by atoms with E-state index in [1.807, 2.05) is 13.8 Å². The third-order valence-electron chi connectivity index (χ3n) is 5.56. The number of nitrogens with zero attached hydrogens (tertiary/aromatic N) is 4. The SMILES string of the molecule is CC(C)Cn1cnc2c1c(=O)n(CC1CCC(O)(C(F)(F)F)CC1)c(=O)n2C. The number of aromatic nitrogens is 4. The molecule has 0 saturated heterocycles. The van der Waals surface area contributed by atoms with Crippen molar-refractivity contribution in [3.63, 3.8) is 0 Å². The van der Waals surface area contributed by atoms with Gasteiger partial charge in [-0.05, 0) is 37.5 Å². The molecule has 0 amide bonds. The molecule has 10 heteroatoms. The number of hydrogen-bond donors (Lipinski definition) is 1. The average Bonchev–Trinajstić information content (AvgIpc) is 3.00. The van der Waals surface area contributed by atoms with Crippen LogP contribution in [0.3, 0.4) is 0 Å². The smallest absolute Gasteiger partial charge is 0.380 e. The number of imidazole rings is 1. The molecule has 0 aromatic carbocycles. The summed E-state index contributed by atoms with van der Waals surface area (Å²) in [5.74, 6) is -0.0205. The third kappa shape index (κ3) is 3.49. The Bertz CT molecular complexity index is 979. The summed E-state index contributed by atoms with van der Waals surface area (Å²) in [6.45, 7) is 4.58. The maximum atomic E-state index is 13.0. The first-order valence-corrected chi connectivity index (χ1v) is 9.38. The van der Waals surface area contributed by atoms with Crippen molar-refractivity contribution in [2.24, 2.45) is 18.9 Å². The summed E-state index contributed by atoms with van der Waals surface area (Å²) in [6, 6.07) is 0. The van der Waals surface area contributed by atoms with Gasteiger partial charge in [-0.15, -0.1) is 0 Å². The van der Waals surface area contributed by atoms with Crippen molar-refractivity contribution in [1.29, 1.82) is 0 Å². The van der Waals surface area contributed by atoms with Crippen LogP contribution in [0.1, 0.15) is 39.5 Å². The molecule has 0 atom stereocenters. The maximum Gasteiger partial charge on any atom is 0.417 e. The lowest BCUT2D eigenvalue weighted by Crippen LogP contribution is -2.49. The highest BCUT2D eigenvalue weighted by Gasteiger charge is 2.54. The van der Waals surface area contributed by atoms with Crippen molar-refractivity contribution in [2.75, 3.05) is 0 Å². The van der Waals surface area contributed by atoms with Gasteiger partial charge in [0.15, 0.2) is 16.8 Å². The highest BCUT2D eigenvalue weighted by molar-refractivity contribution is 5.69. The van der Waals surface area contributed by atoms with Crippen LogP contribution >= 0.6 is 0 Å². The number of fused-ring (bicyclic) bond motifs is 1. The Morgan fingerprint density at radius 1 is 1.29 bits per heavy atom. The zero-order valence-corrected chi connectivity index (χ0v) is 16.2. The third-order valence-corrected chi connectivity index (χ3v) is 5.56. The topological polar surface area (TPSA) is 82.1 Å². The van der Waals surface area contributed by atoms with Crippen molar-refractivity contribution < 1.29 is 18.3 Å². The van der Waals surface area contributed by atoms with Gasteiger partial charge in [0.2, 0.25) is 0 Å². The number of hydrogen-bond acceptors (Lipinski definition) is 4. The molecule has 0 aliphatic heterocycles. The van der Waals surface area contributed by atoms with Crippen molar-refractivity contribution >= 4 is 11.2 Å². The molecule has 1 saturated carbocycles. The zero-order chi connectivity index (χ0) is 20.9. The van der Waals surface area contributed by atoms with E-state index in [4.69, 9.17) is 0 Å². The second-order valence-electron chi connectivity index (χ2n) is 8.19. The first-order valence-electron chi connectivity index (χ1n) is 9.38. The van der Waals surface area contributed by atoms with Crippen molar-refractivity contribution in [1.82, 2.24) is 18.7 Å². The van der Waals surface area contributed by atoms with Crippen LogP contribution < -0.4 is 11.2 Å². The van der Waals surface area contributed by atoms with Crippen LogP contribution in [0.25, 0.3) is 11.2 Å². The molecular weight excluding hydrogens is 377 g/mol. The predicted octanol–water partition coefficient (Wildman–Crippen LogP) is 2.04. The molecule has 2 aromatic heterocycles. The lowest BCUT2D eigenvalue weighted by atomic mass is 9.78.